The van der Waals surface area contributed by atoms with Crippen LogP contribution in [0.2, 0.25) is 0 Å². The molecule has 2 heterocycles. The van der Waals surface area contributed by atoms with E-state index in [0.29, 0.717) is 45.9 Å². The molecule has 9 heteroatoms. The number of esters is 1. The minimum absolute atomic E-state index is 0.0515. The average molecular weight is 417 g/mol. The molecule has 2 aromatic heterocycles. The molecule has 154 valence electrons. The molecular weight excluding hydrogens is 394 g/mol. The molecule has 0 bridgehead atoms. The molecular formula is C20H23N3O5S. The summed E-state index contributed by atoms with van der Waals surface area (Å²) in [6, 6.07) is 6.36. The Labute approximate surface area is 172 Å². The van der Waals surface area contributed by atoms with Gasteiger partial charge in [-0.2, -0.15) is 9.61 Å². The van der Waals surface area contributed by atoms with Crippen molar-refractivity contribution in [3.63, 3.8) is 0 Å². The topological polar surface area (TPSA) is 92.0 Å². The highest BCUT2D eigenvalue weighted by Crippen LogP contribution is 2.29. The van der Waals surface area contributed by atoms with Crippen molar-refractivity contribution in [1.82, 2.24) is 14.6 Å². The largest absolute Gasteiger partial charge is 0.490 e. The fraction of sp³-hybridized carbons (Fsp3) is 0.400. The van der Waals surface area contributed by atoms with Crippen molar-refractivity contribution in [1.29, 1.82) is 0 Å². The zero-order valence-electron chi connectivity index (χ0n) is 16.6. The molecule has 1 aromatic carbocycles. The Morgan fingerprint density at radius 3 is 2.76 bits per heavy atom. The molecule has 0 atom stereocenters. The van der Waals surface area contributed by atoms with Crippen LogP contribution in [0, 0.1) is 6.92 Å². The molecule has 0 fully saturated rings. The number of aromatic nitrogens is 3. The molecule has 8 nitrogen and oxygen atoms in total. The maximum absolute atomic E-state index is 12.5. The van der Waals surface area contributed by atoms with E-state index in [0.717, 1.165) is 12.8 Å². The minimum atomic E-state index is -0.512. The van der Waals surface area contributed by atoms with Crippen molar-refractivity contribution >= 4 is 22.3 Å². The molecule has 0 N–H and O–H groups in total. The van der Waals surface area contributed by atoms with E-state index in [1.807, 2.05) is 6.92 Å². The highest BCUT2D eigenvalue weighted by Gasteiger charge is 2.15. The molecule has 0 unspecified atom stereocenters. The summed E-state index contributed by atoms with van der Waals surface area (Å²) in [6.07, 6.45) is 1.97. The number of aryl methyl sites for hydroxylation is 1. The maximum Gasteiger partial charge on any atom is 0.338 e. The Hall–Kier alpha value is -2.94. The summed E-state index contributed by atoms with van der Waals surface area (Å²) in [5.74, 6) is 0.593. The highest BCUT2D eigenvalue weighted by atomic mass is 32.1. The second kappa shape index (κ2) is 9.51. The van der Waals surface area contributed by atoms with E-state index in [9.17, 15) is 9.59 Å². The van der Waals surface area contributed by atoms with E-state index >= 15 is 0 Å². The van der Waals surface area contributed by atoms with Gasteiger partial charge in [-0.15, -0.1) is 0 Å². The van der Waals surface area contributed by atoms with Crippen LogP contribution in [-0.2, 0) is 11.3 Å². The summed E-state index contributed by atoms with van der Waals surface area (Å²) < 4.78 is 17.9. The number of fused-ring (bicyclic) bond motifs is 1. The number of hydrogen-bond acceptors (Lipinski definition) is 8. The first-order valence-corrected chi connectivity index (χ1v) is 10.3. The second-order valence-corrected chi connectivity index (χ2v) is 7.34. The minimum Gasteiger partial charge on any atom is -0.490 e. The lowest BCUT2D eigenvalue weighted by Crippen LogP contribution is -2.14. The Kier molecular flexibility index (Phi) is 6.82. The van der Waals surface area contributed by atoms with Crippen LogP contribution in [0.1, 0.15) is 47.7 Å². The maximum atomic E-state index is 12.5. The summed E-state index contributed by atoms with van der Waals surface area (Å²) in [5.41, 5.74) is 0.705. The van der Waals surface area contributed by atoms with E-state index in [-0.39, 0.29) is 12.2 Å². The van der Waals surface area contributed by atoms with Gasteiger partial charge in [0.25, 0.3) is 5.56 Å². The molecule has 0 amide bonds. The van der Waals surface area contributed by atoms with Crippen molar-refractivity contribution in [3.8, 4) is 11.5 Å². The molecule has 0 saturated heterocycles. The normalized spacial score (nSPS) is 10.9. The SMILES string of the molecule is CCCCOc1ccc(C(=O)OCc2nn3c(=O)cc(C)nc3s2)cc1OCC. The van der Waals surface area contributed by atoms with Gasteiger partial charge in [0.1, 0.15) is 6.61 Å². The van der Waals surface area contributed by atoms with Gasteiger partial charge in [-0.1, -0.05) is 24.7 Å². The van der Waals surface area contributed by atoms with Gasteiger partial charge < -0.3 is 14.2 Å². The summed E-state index contributed by atoms with van der Waals surface area (Å²) in [5, 5.41) is 4.64. The van der Waals surface area contributed by atoms with Crippen LogP contribution >= 0.6 is 11.3 Å². The lowest BCUT2D eigenvalue weighted by molar-refractivity contribution is 0.0471. The average Bonchev–Trinajstić information content (AvgIpc) is 3.11. The number of ether oxygens (including phenoxy) is 3. The van der Waals surface area contributed by atoms with E-state index < -0.39 is 5.97 Å². The fourth-order valence-corrected chi connectivity index (χ4v) is 3.44. The molecule has 0 saturated carbocycles. The third kappa shape index (κ3) is 5.11. The van der Waals surface area contributed by atoms with Gasteiger partial charge in [0, 0.05) is 11.8 Å². The number of rotatable bonds is 9. The van der Waals surface area contributed by atoms with Gasteiger partial charge in [-0.05, 0) is 38.5 Å². The quantitative estimate of drug-likeness (QED) is 0.389. The van der Waals surface area contributed by atoms with Crippen LogP contribution in [-0.4, -0.2) is 33.8 Å². The molecule has 0 aliphatic carbocycles. The third-order valence-corrected chi connectivity index (χ3v) is 4.86. The van der Waals surface area contributed by atoms with Gasteiger partial charge in [-0.25, -0.2) is 9.78 Å². The Morgan fingerprint density at radius 2 is 2.00 bits per heavy atom. The van der Waals surface area contributed by atoms with Gasteiger partial charge in [-0.3, -0.25) is 4.79 Å². The first-order valence-electron chi connectivity index (χ1n) is 9.45. The van der Waals surface area contributed by atoms with Crippen molar-refractivity contribution < 1.29 is 19.0 Å². The number of carbonyl (C=O) groups is 1. The standard InChI is InChI=1S/C20H23N3O5S/c1-4-6-9-27-15-8-7-14(11-16(15)26-5-2)19(25)28-12-17-22-23-18(24)10-13(3)21-20(23)29-17/h7-8,10-11H,4-6,9,12H2,1-3H3. The van der Waals surface area contributed by atoms with Crippen molar-refractivity contribution in [2.75, 3.05) is 13.2 Å². The first-order chi connectivity index (χ1) is 14.0. The Morgan fingerprint density at radius 1 is 1.17 bits per heavy atom. The first kappa shape index (κ1) is 20.8. The highest BCUT2D eigenvalue weighted by molar-refractivity contribution is 7.16. The van der Waals surface area contributed by atoms with Crippen LogP contribution in [0.15, 0.2) is 29.1 Å². The number of unbranched alkanes of at least 4 members (excludes halogenated alkanes) is 1. The van der Waals surface area contributed by atoms with E-state index in [4.69, 9.17) is 14.2 Å². The Balaban J connectivity index is 1.70. The van der Waals surface area contributed by atoms with E-state index in [2.05, 4.69) is 17.0 Å². The number of benzene rings is 1. The molecule has 0 spiro atoms. The van der Waals surface area contributed by atoms with Crippen LogP contribution in [0.25, 0.3) is 4.96 Å². The number of nitrogens with zero attached hydrogens (tertiary/aromatic N) is 3. The van der Waals surface area contributed by atoms with Crippen LogP contribution in [0.4, 0.5) is 0 Å². The molecule has 29 heavy (non-hydrogen) atoms. The van der Waals surface area contributed by atoms with Crippen LogP contribution in [0.5, 0.6) is 11.5 Å². The molecule has 0 radical (unpaired) electrons. The Bertz CT molecular complexity index is 1060. The van der Waals surface area contributed by atoms with Gasteiger partial charge in [0.15, 0.2) is 16.5 Å². The molecule has 0 aliphatic rings. The predicted octanol–water partition coefficient (Wildman–Crippen LogP) is 3.39. The van der Waals surface area contributed by atoms with Crippen molar-refractivity contribution in [2.24, 2.45) is 0 Å². The molecule has 3 aromatic rings. The number of carbonyl (C=O) groups excluding carboxylic acids is 1. The van der Waals surface area contributed by atoms with Gasteiger partial charge in [0.05, 0.1) is 18.8 Å². The van der Waals surface area contributed by atoms with Crippen molar-refractivity contribution in [3.05, 3.63) is 50.9 Å². The van der Waals surface area contributed by atoms with Crippen LogP contribution < -0.4 is 15.0 Å². The summed E-state index contributed by atoms with van der Waals surface area (Å²) in [6.45, 7) is 6.69. The summed E-state index contributed by atoms with van der Waals surface area (Å²) in [7, 11) is 0. The van der Waals surface area contributed by atoms with E-state index in [1.165, 1.54) is 21.9 Å². The zero-order chi connectivity index (χ0) is 20.8. The summed E-state index contributed by atoms with van der Waals surface area (Å²) in [4.78, 5) is 29.1. The smallest absolute Gasteiger partial charge is 0.338 e. The lowest BCUT2D eigenvalue weighted by Gasteiger charge is -2.13. The fourth-order valence-electron chi connectivity index (χ4n) is 2.58. The van der Waals surface area contributed by atoms with Crippen molar-refractivity contribution in [2.45, 2.75) is 40.2 Å². The molecule has 3 rings (SSSR count). The van der Waals surface area contributed by atoms with Gasteiger partial charge in [0.2, 0.25) is 4.96 Å². The van der Waals surface area contributed by atoms with E-state index in [1.54, 1.807) is 25.1 Å². The zero-order valence-corrected chi connectivity index (χ0v) is 17.5. The second-order valence-electron chi connectivity index (χ2n) is 6.30. The predicted molar refractivity (Wildman–Crippen MR) is 109 cm³/mol. The van der Waals surface area contributed by atoms with Crippen LogP contribution in [0.3, 0.4) is 0 Å². The number of hydrogen-bond donors (Lipinski definition) is 0. The van der Waals surface area contributed by atoms with Gasteiger partial charge >= 0.3 is 5.97 Å². The molecule has 0 aliphatic heterocycles. The lowest BCUT2D eigenvalue weighted by atomic mass is 10.2. The summed E-state index contributed by atoms with van der Waals surface area (Å²) >= 11 is 1.21. The monoisotopic (exact) mass is 417 g/mol. The third-order valence-electron chi connectivity index (χ3n) is 3.98.